The first-order chi connectivity index (χ1) is 16.7. The van der Waals surface area contributed by atoms with Crippen LogP contribution >= 0.6 is 23.4 Å². The molecule has 4 aromatic rings. The van der Waals surface area contributed by atoms with Gasteiger partial charge in [0.2, 0.25) is 0 Å². The molecule has 1 saturated heterocycles. The highest BCUT2D eigenvalue weighted by Crippen LogP contribution is 2.35. The quantitative estimate of drug-likeness (QED) is 0.386. The third-order valence-corrected chi connectivity index (χ3v) is 6.37. The molecule has 0 spiro atoms. The number of H-pyrrole nitrogens is 1. The third kappa shape index (κ3) is 4.64. The molecule has 2 aromatic carbocycles. The van der Waals surface area contributed by atoms with Gasteiger partial charge in [-0.2, -0.15) is 23.5 Å². The van der Waals surface area contributed by atoms with Gasteiger partial charge >= 0.3 is 6.18 Å². The van der Waals surface area contributed by atoms with Gasteiger partial charge in [0.15, 0.2) is 5.82 Å². The Kier molecular flexibility index (Phi) is 5.81. The first kappa shape index (κ1) is 23.1. The van der Waals surface area contributed by atoms with E-state index < -0.39 is 22.9 Å². The number of nitrogens with zero attached hydrogens (tertiary/aromatic N) is 6. The van der Waals surface area contributed by atoms with Crippen LogP contribution in [0.3, 0.4) is 0 Å². The summed E-state index contributed by atoms with van der Waals surface area (Å²) in [5.74, 6) is -0.278. The SMILES string of the molecule is O=C1S/C(=C/c2ccc3c(cnn3Cc3ccc(Cl)cc3C(F)(F)F)c2)C(=O)N1Cc1nn[nH]n1. The van der Waals surface area contributed by atoms with Crippen molar-refractivity contribution in [3.8, 4) is 0 Å². The molecule has 0 aliphatic carbocycles. The standard InChI is InChI=1S/C21H13ClF3N7O2S/c22-14-3-2-12(15(7-14)21(23,24)25)9-32-16-4-1-11(5-13(16)8-26-32)6-17-19(33)31(20(34)35-17)10-18-27-29-30-28-18/h1-8H,9-10H2,(H,27,28,29,30)/b17-6+. The average molecular weight is 520 g/mol. The number of hydrogen-bond acceptors (Lipinski definition) is 7. The molecule has 178 valence electrons. The minimum Gasteiger partial charge on any atom is -0.268 e. The zero-order chi connectivity index (χ0) is 24.7. The molecule has 2 aromatic heterocycles. The third-order valence-electron chi connectivity index (χ3n) is 5.22. The maximum atomic E-state index is 13.4. The van der Waals surface area contributed by atoms with Crippen LogP contribution in [0.5, 0.6) is 0 Å². The molecule has 0 saturated carbocycles. The Morgan fingerprint density at radius 3 is 2.69 bits per heavy atom. The van der Waals surface area contributed by atoms with Crippen LogP contribution in [-0.2, 0) is 24.1 Å². The molecular weight excluding hydrogens is 507 g/mol. The molecule has 0 radical (unpaired) electrons. The van der Waals surface area contributed by atoms with E-state index in [0.29, 0.717) is 16.5 Å². The smallest absolute Gasteiger partial charge is 0.268 e. The zero-order valence-electron chi connectivity index (χ0n) is 17.5. The lowest BCUT2D eigenvalue weighted by Crippen LogP contribution is -2.28. The summed E-state index contributed by atoms with van der Waals surface area (Å²) < 4.78 is 41.8. The maximum absolute atomic E-state index is 13.4. The van der Waals surface area contributed by atoms with Crippen molar-refractivity contribution in [3.63, 3.8) is 0 Å². The summed E-state index contributed by atoms with van der Waals surface area (Å²) in [5, 5.41) is 17.6. The maximum Gasteiger partial charge on any atom is 0.416 e. The molecule has 1 fully saturated rings. The molecule has 0 unspecified atom stereocenters. The normalized spacial score (nSPS) is 15.7. The molecule has 14 heteroatoms. The van der Waals surface area contributed by atoms with Gasteiger partial charge in [-0.05, 0) is 53.2 Å². The average Bonchev–Trinajstić information content (AvgIpc) is 3.52. The van der Waals surface area contributed by atoms with Gasteiger partial charge in [-0.25, -0.2) is 0 Å². The van der Waals surface area contributed by atoms with E-state index in [0.717, 1.165) is 22.7 Å². The number of carbonyl (C=O) groups excluding carboxylic acids is 2. The summed E-state index contributed by atoms with van der Waals surface area (Å²) in [6.45, 7) is -0.210. The summed E-state index contributed by atoms with van der Waals surface area (Å²) in [5.41, 5.74) is 0.452. The lowest BCUT2D eigenvalue weighted by Gasteiger charge is -2.14. The van der Waals surface area contributed by atoms with E-state index in [1.54, 1.807) is 24.3 Å². The Morgan fingerprint density at radius 1 is 1.11 bits per heavy atom. The number of nitrogens with one attached hydrogen (secondary N) is 1. The van der Waals surface area contributed by atoms with Crippen molar-refractivity contribution in [3.05, 3.63) is 75.0 Å². The van der Waals surface area contributed by atoms with Crippen LogP contribution in [0.2, 0.25) is 5.02 Å². The first-order valence-electron chi connectivity index (χ1n) is 9.98. The predicted molar refractivity (Wildman–Crippen MR) is 121 cm³/mol. The summed E-state index contributed by atoms with van der Waals surface area (Å²) >= 11 is 6.55. The van der Waals surface area contributed by atoms with Crippen LogP contribution in [0, 0.1) is 0 Å². The molecular formula is C21H13ClF3N7O2S. The highest BCUT2D eigenvalue weighted by molar-refractivity contribution is 8.18. The lowest BCUT2D eigenvalue weighted by atomic mass is 10.1. The van der Waals surface area contributed by atoms with Crippen LogP contribution in [0.1, 0.15) is 22.5 Å². The number of thioether (sulfide) groups is 1. The van der Waals surface area contributed by atoms with Crippen LogP contribution < -0.4 is 0 Å². The summed E-state index contributed by atoms with van der Waals surface area (Å²) in [4.78, 5) is 26.2. The first-order valence-corrected chi connectivity index (χ1v) is 11.2. The number of alkyl halides is 3. The van der Waals surface area contributed by atoms with Gasteiger partial charge in [-0.3, -0.25) is 19.2 Å². The van der Waals surface area contributed by atoms with Gasteiger partial charge < -0.3 is 0 Å². The van der Waals surface area contributed by atoms with E-state index in [1.165, 1.54) is 23.0 Å². The largest absolute Gasteiger partial charge is 0.416 e. The molecule has 0 bridgehead atoms. The minimum absolute atomic E-state index is 0.00209. The summed E-state index contributed by atoms with van der Waals surface area (Å²) in [6.07, 6.45) is -1.46. The number of carbonyl (C=O) groups is 2. The number of rotatable bonds is 5. The van der Waals surface area contributed by atoms with Crippen molar-refractivity contribution >= 4 is 51.5 Å². The van der Waals surface area contributed by atoms with Crippen molar-refractivity contribution in [1.29, 1.82) is 0 Å². The number of tetrazole rings is 1. The fraction of sp³-hybridized carbons (Fsp3) is 0.143. The van der Waals surface area contributed by atoms with E-state index in [-0.39, 0.29) is 34.4 Å². The molecule has 1 N–H and O–H groups in total. The van der Waals surface area contributed by atoms with Gasteiger partial charge in [0.1, 0.15) is 0 Å². The van der Waals surface area contributed by atoms with E-state index in [4.69, 9.17) is 11.6 Å². The second-order valence-electron chi connectivity index (χ2n) is 7.52. The molecule has 1 aliphatic heterocycles. The van der Waals surface area contributed by atoms with E-state index in [2.05, 4.69) is 25.7 Å². The number of aromatic nitrogens is 6. The van der Waals surface area contributed by atoms with Crippen molar-refractivity contribution < 1.29 is 22.8 Å². The van der Waals surface area contributed by atoms with Crippen LogP contribution in [0.15, 0.2) is 47.5 Å². The van der Waals surface area contributed by atoms with Gasteiger partial charge in [-0.15, -0.1) is 10.2 Å². The Balaban J connectivity index is 1.40. The number of imide groups is 1. The lowest BCUT2D eigenvalue weighted by molar-refractivity contribution is -0.138. The minimum atomic E-state index is -4.55. The molecule has 0 atom stereocenters. The fourth-order valence-electron chi connectivity index (χ4n) is 3.61. The second-order valence-corrected chi connectivity index (χ2v) is 8.95. The Bertz CT molecular complexity index is 1480. The van der Waals surface area contributed by atoms with Crippen molar-refractivity contribution in [2.75, 3.05) is 0 Å². The van der Waals surface area contributed by atoms with Crippen LogP contribution in [0.4, 0.5) is 18.0 Å². The molecule has 5 rings (SSSR count). The molecule has 1 aliphatic rings. The van der Waals surface area contributed by atoms with Crippen molar-refractivity contribution in [2.45, 2.75) is 19.3 Å². The number of amides is 2. The van der Waals surface area contributed by atoms with Gasteiger partial charge in [-0.1, -0.05) is 28.9 Å². The highest BCUT2D eigenvalue weighted by atomic mass is 35.5. The Hall–Kier alpha value is -3.71. The number of halogens is 4. The summed E-state index contributed by atoms with van der Waals surface area (Å²) in [7, 11) is 0. The molecule has 9 nitrogen and oxygen atoms in total. The molecule has 35 heavy (non-hydrogen) atoms. The van der Waals surface area contributed by atoms with Crippen LogP contribution in [-0.4, -0.2) is 46.5 Å². The zero-order valence-corrected chi connectivity index (χ0v) is 19.0. The topological polar surface area (TPSA) is 110 Å². The Labute approximate surface area is 203 Å². The number of benzene rings is 2. The molecule has 3 heterocycles. The second kappa shape index (κ2) is 8.82. The number of hydrogen-bond donors (Lipinski definition) is 1. The fourth-order valence-corrected chi connectivity index (χ4v) is 4.62. The number of fused-ring (bicyclic) bond motifs is 1. The van der Waals surface area contributed by atoms with E-state index in [9.17, 15) is 22.8 Å². The van der Waals surface area contributed by atoms with E-state index in [1.807, 2.05) is 0 Å². The Morgan fingerprint density at radius 2 is 1.94 bits per heavy atom. The summed E-state index contributed by atoms with van der Waals surface area (Å²) in [6, 6.07) is 8.76. The monoisotopic (exact) mass is 519 g/mol. The van der Waals surface area contributed by atoms with Gasteiger partial charge in [0.25, 0.3) is 11.1 Å². The highest BCUT2D eigenvalue weighted by Gasteiger charge is 2.36. The van der Waals surface area contributed by atoms with Gasteiger partial charge in [0.05, 0.1) is 35.3 Å². The predicted octanol–water partition coefficient (Wildman–Crippen LogP) is 4.51. The number of aromatic amines is 1. The van der Waals surface area contributed by atoms with E-state index >= 15 is 0 Å². The van der Waals surface area contributed by atoms with Gasteiger partial charge in [0, 0.05) is 10.4 Å². The van der Waals surface area contributed by atoms with Crippen LogP contribution in [0.25, 0.3) is 17.0 Å². The molecule has 2 amide bonds. The van der Waals surface area contributed by atoms with Crippen molar-refractivity contribution in [2.24, 2.45) is 0 Å². The van der Waals surface area contributed by atoms with Crippen molar-refractivity contribution in [1.82, 2.24) is 35.3 Å².